The van der Waals surface area contributed by atoms with Crippen molar-refractivity contribution in [2.24, 2.45) is 5.73 Å². The Balaban J connectivity index is 2.63. The SMILES string of the molecule is CCC(N)Cc1cccc(Cl)c1OCCC(=O)NC(C)C. The van der Waals surface area contributed by atoms with Crippen LogP contribution in [0.1, 0.15) is 39.2 Å². The first kappa shape index (κ1) is 17.8. The molecular weight excluding hydrogens is 288 g/mol. The van der Waals surface area contributed by atoms with Gasteiger partial charge in [-0.1, -0.05) is 30.7 Å². The van der Waals surface area contributed by atoms with Gasteiger partial charge in [0.2, 0.25) is 5.91 Å². The number of rotatable bonds is 8. The fraction of sp³-hybridized carbons (Fsp3) is 0.562. The van der Waals surface area contributed by atoms with Crippen LogP contribution in [0.2, 0.25) is 5.02 Å². The summed E-state index contributed by atoms with van der Waals surface area (Å²) in [6, 6.07) is 5.85. The van der Waals surface area contributed by atoms with Crippen LogP contribution < -0.4 is 15.8 Å². The van der Waals surface area contributed by atoms with Crippen molar-refractivity contribution in [3.05, 3.63) is 28.8 Å². The first-order valence-corrected chi connectivity index (χ1v) is 7.77. The molecule has 0 fully saturated rings. The average molecular weight is 313 g/mol. The van der Waals surface area contributed by atoms with E-state index in [2.05, 4.69) is 5.32 Å². The molecule has 0 aliphatic rings. The minimum Gasteiger partial charge on any atom is -0.491 e. The number of benzene rings is 1. The van der Waals surface area contributed by atoms with Gasteiger partial charge in [0, 0.05) is 12.1 Å². The molecule has 21 heavy (non-hydrogen) atoms. The molecule has 0 aliphatic heterocycles. The van der Waals surface area contributed by atoms with Crippen LogP contribution in [-0.2, 0) is 11.2 Å². The molecule has 0 aliphatic carbocycles. The summed E-state index contributed by atoms with van der Waals surface area (Å²) in [4.78, 5) is 11.6. The normalized spacial score (nSPS) is 12.3. The molecule has 3 N–H and O–H groups in total. The van der Waals surface area contributed by atoms with E-state index in [9.17, 15) is 4.79 Å². The average Bonchev–Trinajstić information content (AvgIpc) is 2.40. The summed E-state index contributed by atoms with van der Waals surface area (Å²) in [7, 11) is 0. The number of halogens is 1. The zero-order valence-electron chi connectivity index (χ0n) is 13.0. The lowest BCUT2D eigenvalue weighted by molar-refractivity contribution is -0.122. The molecule has 1 aromatic carbocycles. The van der Waals surface area contributed by atoms with Crippen LogP contribution in [0, 0.1) is 0 Å². The van der Waals surface area contributed by atoms with Crippen LogP contribution in [-0.4, -0.2) is 24.6 Å². The van der Waals surface area contributed by atoms with Crippen molar-refractivity contribution < 1.29 is 9.53 Å². The van der Waals surface area contributed by atoms with E-state index in [1.54, 1.807) is 6.07 Å². The molecule has 0 saturated heterocycles. The van der Waals surface area contributed by atoms with Crippen LogP contribution >= 0.6 is 11.6 Å². The van der Waals surface area contributed by atoms with Gasteiger partial charge in [-0.15, -0.1) is 0 Å². The van der Waals surface area contributed by atoms with Crippen molar-refractivity contribution in [1.29, 1.82) is 0 Å². The van der Waals surface area contributed by atoms with E-state index in [1.807, 2.05) is 32.9 Å². The summed E-state index contributed by atoms with van der Waals surface area (Å²) in [6.45, 7) is 6.21. The lowest BCUT2D eigenvalue weighted by atomic mass is 10.0. The van der Waals surface area contributed by atoms with Crippen molar-refractivity contribution in [3.63, 3.8) is 0 Å². The largest absolute Gasteiger partial charge is 0.491 e. The van der Waals surface area contributed by atoms with E-state index in [1.165, 1.54) is 0 Å². The van der Waals surface area contributed by atoms with Crippen molar-refractivity contribution in [2.45, 2.75) is 52.1 Å². The monoisotopic (exact) mass is 312 g/mol. The van der Waals surface area contributed by atoms with Gasteiger partial charge >= 0.3 is 0 Å². The van der Waals surface area contributed by atoms with Gasteiger partial charge in [-0.2, -0.15) is 0 Å². The van der Waals surface area contributed by atoms with Crippen LogP contribution in [0.4, 0.5) is 0 Å². The molecule has 0 bridgehead atoms. The minimum absolute atomic E-state index is 0.0242. The number of nitrogens with one attached hydrogen (secondary N) is 1. The number of amides is 1. The first-order chi connectivity index (χ1) is 9.93. The maximum atomic E-state index is 11.6. The standard InChI is InChI=1S/C16H25ClN2O2/c1-4-13(18)10-12-6-5-7-14(17)16(12)21-9-8-15(20)19-11(2)3/h5-7,11,13H,4,8-10,18H2,1-3H3,(H,19,20). The van der Waals surface area contributed by atoms with Crippen LogP contribution in [0.5, 0.6) is 5.75 Å². The molecule has 0 heterocycles. The Hall–Kier alpha value is -1.26. The predicted molar refractivity (Wildman–Crippen MR) is 86.8 cm³/mol. The van der Waals surface area contributed by atoms with E-state index in [0.717, 1.165) is 12.0 Å². The molecule has 0 radical (unpaired) electrons. The molecule has 1 amide bonds. The van der Waals surface area contributed by atoms with Gasteiger partial charge in [0.1, 0.15) is 5.75 Å². The summed E-state index contributed by atoms with van der Waals surface area (Å²) in [5, 5.41) is 3.38. The number of ether oxygens (including phenoxy) is 1. The van der Waals surface area contributed by atoms with Gasteiger partial charge in [0.15, 0.2) is 0 Å². The van der Waals surface area contributed by atoms with E-state index >= 15 is 0 Å². The summed E-state index contributed by atoms with van der Waals surface area (Å²) in [5.74, 6) is 0.615. The van der Waals surface area contributed by atoms with Crippen LogP contribution in [0.15, 0.2) is 18.2 Å². The summed E-state index contributed by atoms with van der Waals surface area (Å²) in [5.41, 5.74) is 6.98. The smallest absolute Gasteiger partial charge is 0.223 e. The predicted octanol–water partition coefficient (Wildman–Crippen LogP) is 2.91. The fourth-order valence-electron chi connectivity index (χ4n) is 1.94. The molecule has 1 rings (SSSR count). The summed E-state index contributed by atoms with van der Waals surface area (Å²) >= 11 is 6.19. The van der Waals surface area contributed by atoms with Gasteiger partial charge < -0.3 is 15.8 Å². The highest BCUT2D eigenvalue weighted by atomic mass is 35.5. The third-order valence-corrected chi connectivity index (χ3v) is 3.38. The van der Waals surface area contributed by atoms with E-state index in [0.29, 0.717) is 30.2 Å². The number of hydrogen-bond donors (Lipinski definition) is 2. The molecule has 118 valence electrons. The summed E-state index contributed by atoms with van der Waals surface area (Å²) < 4.78 is 5.72. The van der Waals surface area contributed by atoms with Crippen LogP contribution in [0.25, 0.3) is 0 Å². The van der Waals surface area contributed by atoms with Gasteiger partial charge in [-0.25, -0.2) is 0 Å². The maximum absolute atomic E-state index is 11.6. The molecule has 1 aromatic rings. The third kappa shape index (κ3) is 6.36. The van der Waals surface area contributed by atoms with E-state index < -0.39 is 0 Å². The molecule has 4 nitrogen and oxygen atoms in total. The van der Waals surface area contributed by atoms with Crippen molar-refractivity contribution in [1.82, 2.24) is 5.32 Å². The second-order valence-electron chi connectivity index (χ2n) is 5.42. The zero-order chi connectivity index (χ0) is 15.8. The molecule has 0 spiro atoms. The van der Waals surface area contributed by atoms with Gasteiger partial charge in [-0.3, -0.25) is 4.79 Å². The molecule has 1 atom stereocenters. The number of para-hydroxylation sites is 1. The second kappa shape index (κ2) is 8.90. The van der Waals surface area contributed by atoms with E-state index in [4.69, 9.17) is 22.1 Å². The van der Waals surface area contributed by atoms with Crippen molar-refractivity contribution in [3.8, 4) is 5.75 Å². The highest BCUT2D eigenvalue weighted by Gasteiger charge is 2.12. The lowest BCUT2D eigenvalue weighted by Crippen LogP contribution is -2.31. The highest BCUT2D eigenvalue weighted by molar-refractivity contribution is 6.32. The Morgan fingerprint density at radius 1 is 1.43 bits per heavy atom. The molecule has 0 saturated carbocycles. The van der Waals surface area contributed by atoms with Gasteiger partial charge in [-0.05, 0) is 38.3 Å². The van der Waals surface area contributed by atoms with Gasteiger partial charge in [0.25, 0.3) is 0 Å². The Labute approximate surface area is 132 Å². The topological polar surface area (TPSA) is 64.3 Å². The number of nitrogens with two attached hydrogens (primary N) is 1. The third-order valence-electron chi connectivity index (χ3n) is 3.08. The Kier molecular flexibility index (Phi) is 7.54. The van der Waals surface area contributed by atoms with Crippen LogP contribution in [0.3, 0.4) is 0 Å². The quantitative estimate of drug-likeness (QED) is 0.775. The summed E-state index contributed by atoms with van der Waals surface area (Å²) in [6.07, 6.45) is 1.91. The number of hydrogen-bond acceptors (Lipinski definition) is 3. The molecular formula is C16H25ClN2O2. The van der Waals surface area contributed by atoms with Crippen molar-refractivity contribution in [2.75, 3.05) is 6.61 Å². The Morgan fingerprint density at radius 3 is 2.76 bits per heavy atom. The van der Waals surface area contributed by atoms with Gasteiger partial charge in [0.05, 0.1) is 18.1 Å². The van der Waals surface area contributed by atoms with E-state index in [-0.39, 0.29) is 18.0 Å². The van der Waals surface area contributed by atoms with Crippen molar-refractivity contribution >= 4 is 17.5 Å². The number of carbonyl (C=O) groups excluding carboxylic acids is 1. The Bertz CT molecular complexity index is 464. The number of carbonyl (C=O) groups is 1. The maximum Gasteiger partial charge on any atom is 0.223 e. The molecule has 0 aromatic heterocycles. The molecule has 5 heteroatoms. The zero-order valence-corrected chi connectivity index (χ0v) is 13.7. The second-order valence-corrected chi connectivity index (χ2v) is 5.83. The fourth-order valence-corrected chi connectivity index (χ4v) is 2.19. The molecule has 1 unspecified atom stereocenters. The first-order valence-electron chi connectivity index (χ1n) is 7.39. The highest BCUT2D eigenvalue weighted by Crippen LogP contribution is 2.29. The lowest BCUT2D eigenvalue weighted by Gasteiger charge is -2.16. The Morgan fingerprint density at radius 2 is 2.14 bits per heavy atom. The minimum atomic E-state index is -0.0242.